The molecule has 1 rings (SSSR count). The third kappa shape index (κ3) is 3.11. The summed E-state index contributed by atoms with van der Waals surface area (Å²) in [5.41, 5.74) is 7.81. The molecule has 2 nitrogen and oxygen atoms in total. The molecule has 3 N–H and O–H groups in total. The molecule has 0 aliphatic carbocycles. The van der Waals surface area contributed by atoms with Crippen LogP contribution in [0.5, 0.6) is 0 Å². The van der Waals surface area contributed by atoms with E-state index < -0.39 is 0 Å². The molecule has 70 valence electrons. The summed E-state index contributed by atoms with van der Waals surface area (Å²) in [7, 11) is 0. The SMILES string of the molecule is Cc1ccc(SCC(=N)N)c(C)c1. The van der Waals surface area contributed by atoms with Gasteiger partial charge in [0.1, 0.15) is 5.84 Å². The van der Waals surface area contributed by atoms with Gasteiger partial charge in [0.2, 0.25) is 0 Å². The average molecular weight is 194 g/mol. The van der Waals surface area contributed by atoms with Gasteiger partial charge in [-0.1, -0.05) is 17.7 Å². The highest BCUT2D eigenvalue weighted by molar-refractivity contribution is 8.00. The average Bonchev–Trinajstić information content (AvgIpc) is 2.02. The molecule has 3 heteroatoms. The molecule has 0 spiro atoms. The first-order chi connectivity index (χ1) is 6.09. The molecule has 0 saturated carbocycles. The van der Waals surface area contributed by atoms with Crippen LogP contribution >= 0.6 is 11.8 Å². The number of aryl methyl sites for hydroxylation is 2. The lowest BCUT2D eigenvalue weighted by Crippen LogP contribution is -2.12. The first-order valence-electron chi connectivity index (χ1n) is 4.12. The summed E-state index contributed by atoms with van der Waals surface area (Å²) in [6, 6.07) is 6.30. The predicted octanol–water partition coefficient (Wildman–Crippen LogP) is 2.33. The molecule has 0 bridgehead atoms. The molecular formula is C10H14N2S. The third-order valence-corrected chi connectivity index (χ3v) is 2.94. The van der Waals surface area contributed by atoms with E-state index in [0.717, 1.165) is 0 Å². The summed E-state index contributed by atoms with van der Waals surface area (Å²) in [6.45, 7) is 4.15. The maximum atomic E-state index is 7.11. The van der Waals surface area contributed by atoms with Crippen LogP contribution in [0.15, 0.2) is 23.1 Å². The summed E-state index contributed by atoms with van der Waals surface area (Å²) in [4.78, 5) is 1.21. The van der Waals surface area contributed by atoms with Crippen molar-refractivity contribution in [2.75, 3.05) is 5.75 Å². The Morgan fingerprint density at radius 2 is 2.15 bits per heavy atom. The summed E-state index contributed by atoms with van der Waals surface area (Å²) in [5.74, 6) is 0.800. The molecule has 0 radical (unpaired) electrons. The number of hydrogen-bond donors (Lipinski definition) is 2. The maximum absolute atomic E-state index is 7.11. The van der Waals surface area contributed by atoms with Gasteiger partial charge in [0, 0.05) is 4.90 Å². The lowest BCUT2D eigenvalue weighted by molar-refractivity contribution is 1.26. The number of nitrogens with two attached hydrogens (primary N) is 1. The summed E-state index contributed by atoms with van der Waals surface area (Å²) >= 11 is 1.61. The van der Waals surface area contributed by atoms with Crippen molar-refractivity contribution in [1.82, 2.24) is 0 Å². The van der Waals surface area contributed by atoms with Crippen molar-refractivity contribution < 1.29 is 0 Å². The quantitative estimate of drug-likeness (QED) is 0.441. The summed E-state index contributed by atoms with van der Waals surface area (Å²) in [6.07, 6.45) is 0. The highest BCUT2D eigenvalue weighted by Gasteiger charge is 1.99. The van der Waals surface area contributed by atoms with Crippen molar-refractivity contribution in [3.8, 4) is 0 Å². The van der Waals surface area contributed by atoms with Crippen LogP contribution in [0.2, 0.25) is 0 Å². The first-order valence-corrected chi connectivity index (χ1v) is 5.11. The van der Waals surface area contributed by atoms with Gasteiger partial charge in [-0.25, -0.2) is 0 Å². The van der Waals surface area contributed by atoms with E-state index in [-0.39, 0.29) is 5.84 Å². The topological polar surface area (TPSA) is 49.9 Å². The molecule has 0 unspecified atom stereocenters. The normalized spacial score (nSPS) is 10.0. The van der Waals surface area contributed by atoms with Gasteiger partial charge in [-0.05, 0) is 25.5 Å². The Morgan fingerprint density at radius 1 is 1.46 bits per heavy atom. The van der Waals surface area contributed by atoms with E-state index in [1.807, 2.05) is 0 Å². The van der Waals surface area contributed by atoms with E-state index in [9.17, 15) is 0 Å². The molecule has 0 aliphatic rings. The van der Waals surface area contributed by atoms with Crippen LogP contribution in [-0.4, -0.2) is 11.6 Å². The van der Waals surface area contributed by atoms with Crippen molar-refractivity contribution in [3.05, 3.63) is 29.3 Å². The molecule has 1 aromatic rings. The predicted molar refractivity (Wildman–Crippen MR) is 58.6 cm³/mol. The largest absolute Gasteiger partial charge is 0.387 e. The lowest BCUT2D eigenvalue weighted by atomic mass is 10.2. The molecule has 1 aromatic carbocycles. The first kappa shape index (κ1) is 10.1. The number of nitrogens with one attached hydrogen (secondary N) is 1. The molecule has 13 heavy (non-hydrogen) atoms. The lowest BCUT2D eigenvalue weighted by Gasteiger charge is -2.05. The fourth-order valence-corrected chi connectivity index (χ4v) is 1.88. The maximum Gasteiger partial charge on any atom is 0.101 e. The fourth-order valence-electron chi connectivity index (χ4n) is 1.12. The van der Waals surface area contributed by atoms with Crippen LogP contribution in [0, 0.1) is 19.3 Å². The Hall–Kier alpha value is -0.960. The van der Waals surface area contributed by atoms with E-state index in [1.54, 1.807) is 11.8 Å². The fraction of sp³-hybridized carbons (Fsp3) is 0.300. The van der Waals surface area contributed by atoms with E-state index >= 15 is 0 Å². The van der Waals surface area contributed by atoms with Crippen molar-refractivity contribution in [2.45, 2.75) is 18.7 Å². The van der Waals surface area contributed by atoms with Gasteiger partial charge in [-0.3, -0.25) is 5.41 Å². The minimum atomic E-state index is 0.227. The van der Waals surface area contributed by atoms with Crippen LogP contribution in [0.1, 0.15) is 11.1 Å². The van der Waals surface area contributed by atoms with Crippen molar-refractivity contribution in [3.63, 3.8) is 0 Å². The van der Waals surface area contributed by atoms with E-state index in [1.165, 1.54) is 16.0 Å². The van der Waals surface area contributed by atoms with E-state index in [4.69, 9.17) is 11.1 Å². The summed E-state index contributed by atoms with van der Waals surface area (Å²) < 4.78 is 0. The number of thioether (sulfide) groups is 1. The minimum Gasteiger partial charge on any atom is -0.387 e. The number of amidine groups is 1. The second-order valence-corrected chi connectivity index (χ2v) is 4.10. The van der Waals surface area contributed by atoms with Crippen LogP contribution in [-0.2, 0) is 0 Å². The number of hydrogen-bond acceptors (Lipinski definition) is 2. The second kappa shape index (κ2) is 4.33. The van der Waals surface area contributed by atoms with Crippen molar-refractivity contribution >= 4 is 17.6 Å². The molecule has 0 fully saturated rings. The minimum absolute atomic E-state index is 0.227. The zero-order valence-electron chi connectivity index (χ0n) is 7.92. The number of benzene rings is 1. The van der Waals surface area contributed by atoms with Crippen LogP contribution in [0.3, 0.4) is 0 Å². The molecule has 0 aliphatic heterocycles. The standard InChI is InChI=1S/C10H14N2S/c1-7-3-4-9(8(2)5-7)13-6-10(11)12/h3-5H,6H2,1-2H3,(H3,11,12). The molecule has 0 atom stereocenters. The Labute approximate surface area is 83.0 Å². The van der Waals surface area contributed by atoms with E-state index in [2.05, 4.69) is 32.0 Å². The van der Waals surface area contributed by atoms with Gasteiger partial charge < -0.3 is 5.73 Å². The number of rotatable bonds is 3. The molecular weight excluding hydrogens is 180 g/mol. The zero-order valence-corrected chi connectivity index (χ0v) is 8.74. The molecule has 0 saturated heterocycles. The molecule has 0 aromatic heterocycles. The van der Waals surface area contributed by atoms with Crippen LogP contribution < -0.4 is 5.73 Å². The Morgan fingerprint density at radius 3 is 2.69 bits per heavy atom. The van der Waals surface area contributed by atoms with Crippen molar-refractivity contribution in [1.29, 1.82) is 5.41 Å². The zero-order chi connectivity index (χ0) is 9.84. The van der Waals surface area contributed by atoms with Gasteiger partial charge in [0.25, 0.3) is 0 Å². The van der Waals surface area contributed by atoms with E-state index in [0.29, 0.717) is 5.75 Å². The van der Waals surface area contributed by atoms with Gasteiger partial charge in [-0.2, -0.15) is 0 Å². The van der Waals surface area contributed by atoms with Gasteiger partial charge in [0.15, 0.2) is 0 Å². The Kier molecular flexibility index (Phi) is 3.37. The Balaban J connectivity index is 2.72. The summed E-state index contributed by atoms with van der Waals surface area (Å²) in [5, 5.41) is 7.11. The second-order valence-electron chi connectivity index (χ2n) is 3.08. The molecule has 0 heterocycles. The molecule has 0 amide bonds. The van der Waals surface area contributed by atoms with Gasteiger partial charge in [0.05, 0.1) is 5.75 Å². The van der Waals surface area contributed by atoms with Crippen LogP contribution in [0.4, 0.5) is 0 Å². The smallest absolute Gasteiger partial charge is 0.101 e. The van der Waals surface area contributed by atoms with Gasteiger partial charge >= 0.3 is 0 Å². The highest BCUT2D eigenvalue weighted by atomic mass is 32.2. The third-order valence-electron chi connectivity index (χ3n) is 1.71. The van der Waals surface area contributed by atoms with Gasteiger partial charge in [-0.15, -0.1) is 11.8 Å². The monoisotopic (exact) mass is 194 g/mol. The highest BCUT2D eigenvalue weighted by Crippen LogP contribution is 2.22. The Bertz CT molecular complexity index is 321. The van der Waals surface area contributed by atoms with Crippen LogP contribution in [0.25, 0.3) is 0 Å². The van der Waals surface area contributed by atoms with Crippen molar-refractivity contribution in [2.24, 2.45) is 5.73 Å².